The van der Waals surface area contributed by atoms with Crippen molar-refractivity contribution in [1.82, 2.24) is 25.0 Å². The van der Waals surface area contributed by atoms with Crippen LogP contribution < -0.4 is 4.74 Å². The molecule has 0 spiro atoms. The largest absolute Gasteiger partial charge is 0.481 e. The van der Waals surface area contributed by atoms with E-state index in [1.807, 2.05) is 43.9 Å². The molecule has 2 heterocycles. The zero-order valence-electron chi connectivity index (χ0n) is 15.0. The second kappa shape index (κ2) is 7.65. The standard InChI is InChI=1S/C18H25N5O2/c1-13-4-5-14(2)16(10-13)25-15(3)18(24)23-8-6-22(7-9-23)11-17-19-12-20-21-17/h4-5,10,12,15H,6-9,11H2,1-3H3,(H,19,20,21)/t15-/m0/s1. The van der Waals surface area contributed by atoms with Gasteiger partial charge in [-0.05, 0) is 38.0 Å². The Kier molecular flexibility index (Phi) is 5.33. The summed E-state index contributed by atoms with van der Waals surface area (Å²) in [5.74, 6) is 1.68. The van der Waals surface area contributed by atoms with E-state index in [1.165, 1.54) is 6.33 Å². The van der Waals surface area contributed by atoms with E-state index in [2.05, 4.69) is 20.1 Å². The molecule has 0 unspecified atom stereocenters. The van der Waals surface area contributed by atoms with E-state index in [1.54, 1.807) is 0 Å². The zero-order chi connectivity index (χ0) is 17.8. The minimum atomic E-state index is -0.485. The fourth-order valence-corrected chi connectivity index (χ4v) is 2.98. The summed E-state index contributed by atoms with van der Waals surface area (Å²) in [7, 11) is 0. The number of aromatic amines is 1. The van der Waals surface area contributed by atoms with Gasteiger partial charge in [0.25, 0.3) is 5.91 Å². The molecule has 1 amide bonds. The summed E-state index contributed by atoms with van der Waals surface area (Å²) in [4.78, 5) is 21.0. The Morgan fingerprint density at radius 3 is 2.72 bits per heavy atom. The lowest BCUT2D eigenvalue weighted by Crippen LogP contribution is -2.51. The first-order valence-electron chi connectivity index (χ1n) is 8.62. The fraction of sp³-hybridized carbons (Fsp3) is 0.500. The molecule has 0 saturated carbocycles. The number of aromatic nitrogens is 3. The number of H-pyrrole nitrogens is 1. The number of hydrogen-bond donors (Lipinski definition) is 1. The predicted octanol–water partition coefficient (Wildman–Crippen LogP) is 1.53. The average Bonchev–Trinajstić information content (AvgIpc) is 3.11. The van der Waals surface area contributed by atoms with Crippen LogP contribution >= 0.6 is 0 Å². The van der Waals surface area contributed by atoms with Gasteiger partial charge in [-0.25, -0.2) is 4.98 Å². The maximum absolute atomic E-state index is 12.7. The SMILES string of the molecule is Cc1ccc(C)c(O[C@@H](C)C(=O)N2CCN(Cc3ncn[nH]3)CC2)c1. The van der Waals surface area contributed by atoms with Gasteiger partial charge in [0, 0.05) is 26.2 Å². The first-order chi connectivity index (χ1) is 12.0. The number of benzene rings is 1. The minimum absolute atomic E-state index is 0.0419. The van der Waals surface area contributed by atoms with Crippen LogP contribution in [0.25, 0.3) is 0 Å². The number of nitrogens with zero attached hydrogens (tertiary/aromatic N) is 4. The molecule has 0 bridgehead atoms. The minimum Gasteiger partial charge on any atom is -0.481 e. The fourth-order valence-electron chi connectivity index (χ4n) is 2.98. The number of nitrogens with one attached hydrogen (secondary N) is 1. The Morgan fingerprint density at radius 2 is 2.04 bits per heavy atom. The topological polar surface area (TPSA) is 74.3 Å². The van der Waals surface area contributed by atoms with E-state index >= 15 is 0 Å². The van der Waals surface area contributed by atoms with Gasteiger partial charge < -0.3 is 9.64 Å². The van der Waals surface area contributed by atoms with Crippen molar-refractivity contribution in [2.45, 2.75) is 33.4 Å². The van der Waals surface area contributed by atoms with Crippen molar-refractivity contribution < 1.29 is 9.53 Å². The smallest absolute Gasteiger partial charge is 0.263 e. The number of ether oxygens (including phenoxy) is 1. The van der Waals surface area contributed by atoms with Crippen LogP contribution in [0.2, 0.25) is 0 Å². The van der Waals surface area contributed by atoms with E-state index < -0.39 is 6.10 Å². The van der Waals surface area contributed by atoms with Crippen LogP contribution in [0.5, 0.6) is 5.75 Å². The summed E-state index contributed by atoms with van der Waals surface area (Å²) >= 11 is 0. The maximum Gasteiger partial charge on any atom is 0.263 e. The number of hydrogen-bond acceptors (Lipinski definition) is 5. The molecule has 134 valence electrons. The number of rotatable bonds is 5. The van der Waals surface area contributed by atoms with Crippen molar-refractivity contribution >= 4 is 5.91 Å². The summed E-state index contributed by atoms with van der Waals surface area (Å²) in [5.41, 5.74) is 2.17. The lowest BCUT2D eigenvalue weighted by molar-refractivity contribution is -0.139. The third kappa shape index (κ3) is 4.36. The molecule has 7 heteroatoms. The molecule has 1 atom stereocenters. The molecule has 1 aromatic heterocycles. The van der Waals surface area contributed by atoms with Crippen LogP contribution in [0.1, 0.15) is 23.9 Å². The molecule has 1 fully saturated rings. The van der Waals surface area contributed by atoms with Crippen molar-refractivity contribution in [3.63, 3.8) is 0 Å². The monoisotopic (exact) mass is 343 g/mol. The summed E-state index contributed by atoms with van der Waals surface area (Å²) < 4.78 is 5.92. The molecule has 7 nitrogen and oxygen atoms in total. The van der Waals surface area contributed by atoms with E-state index in [9.17, 15) is 4.79 Å². The Balaban J connectivity index is 1.52. The molecule has 1 N–H and O–H groups in total. The van der Waals surface area contributed by atoms with Gasteiger partial charge in [-0.1, -0.05) is 12.1 Å². The summed E-state index contributed by atoms with van der Waals surface area (Å²) in [6.45, 7) is 9.62. The van der Waals surface area contributed by atoms with Gasteiger partial charge in [0.15, 0.2) is 6.10 Å². The number of piperazine rings is 1. The second-order valence-electron chi connectivity index (χ2n) is 6.56. The predicted molar refractivity (Wildman–Crippen MR) is 94.2 cm³/mol. The first-order valence-corrected chi connectivity index (χ1v) is 8.62. The highest BCUT2D eigenvalue weighted by Gasteiger charge is 2.26. The molecule has 0 aliphatic carbocycles. The van der Waals surface area contributed by atoms with Crippen LogP contribution in [0.4, 0.5) is 0 Å². The van der Waals surface area contributed by atoms with Crippen molar-refractivity contribution in [1.29, 1.82) is 0 Å². The van der Waals surface area contributed by atoms with Gasteiger partial charge in [0.05, 0.1) is 6.54 Å². The van der Waals surface area contributed by atoms with E-state index in [0.29, 0.717) is 13.1 Å². The highest BCUT2D eigenvalue weighted by atomic mass is 16.5. The van der Waals surface area contributed by atoms with Crippen molar-refractivity contribution in [2.75, 3.05) is 26.2 Å². The third-order valence-electron chi connectivity index (χ3n) is 4.52. The van der Waals surface area contributed by atoms with Crippen LogP contribution in [0.3, 0.4) is 0 Å². The van der Waals surface area contributed by atoms with Crippen molar-refractivity contribution in [3.05, 3.63) is 41.5 Å². The molecule has 25 heavy (non-hydrogen) atoms. The van der Waals surface area contributed by atoms with Gasteiger partial charge in [-0.15, -0.1) is 0 Å². The van der Waals surface area contributed by atoms with Gasteiger partial charge >= 0.3 is 0 Å². The van der Waals surface area contributed by atoms with Gasteiger partial charge in [0.2, 0.25) is 0 Å². The number of amides is 1. The van der Waals surface area contributed by atoms with E-state index in [4.69, 9.17) is 4.74 Å². The van der Waals surface area contributed by atoms with Gasteiger partial charge in [-0.2, -0.15) is 5.10 Å². The second-order valence-corrected chi connectivity index (χ2v) is 6.56. The molecule has 0 radical (unpaired) electrons. The van der Waals surface area contributed by atoms with Gasteiger partial charge in [-0.3, -0.25) is 14.8 Å². The van der Waals surface area contributed by atoms with E-state index in [0.717, 1.165) is 42.3 Å². The van der Waals surface area contributed by atoms with Crippen LogP contribution in [-0.4, -0.2) is 63.2 Å². The highest BCUT2D eigenvalue weighted by molar-refractivity contribution is 5.81. The number of carbonyl (C=O) groups excluding carboxylic acids is 1. The summed E-state index contributed by atoms with van der Waals surface area (Å²) in [6, 6.07) is 6.04. The molecule has 1 aromatic carbocycles. The molecule has 3 rings (SSSR count). The molecular weight excluding hydrogens is 318 g/mol. The maximum atomic E-state index is 12.7. The first kappa shape index (κ1) is 17.4. The normalized spacial score (nSPS) is 16.7. The Bertz CT molecular complexity index is 708. The molecule has 1 aliphatic rings. The number of carbonyl (C=O) groups is 1. The quantitative estimate of drug-likeness (QED) is 0.891. The van der Waals surface area contributed by atoms with Gasteiger partial charge in [0.1, 0.15) is 17.9 Å². The van der Waals surface area contributed by atoms with E-state index in [-0.39, 0.29) is 5.91 Å². The molecular formula is C18H25N5O2. The Hall–Kier alpha value is -2.41. The Labute approximate surface area is 148 Å². The Morgan fingerprint density at radius 1 is 1.28 bits per heavy atom. The van der Waals surface area contributed by atoms with Crippen LogP contribution in [0.15, 0.2) is 24.5 Å². The number of aryl methyl sites for hydroxylation is 2. The summed E-state index contributed by atoms with van der Waals surface area (Å²) in [6.07, 6.45) is 1.03. The zero-order valence-corrected chi connectivity index (χ0v) is 15.0. The van der Waals surface area contributed by atoms with Crippen molar-refractivity contribution in [3.8, 4) is 5.75 Å². The molecule has 1 saturated heterocycles. The summed E-state index contributed by atoms with van der Waals surface area (Å²) in [5, 5.41) is 6.73. The lowest BCUT2D eigenvalue weighted by atomic mass is 10.1. The van der Waals surface area contributed by atoms with Crippen molar-refractivity contribution in [2.24, 2.45) is 0 Å². The highest BCUT2D eigenvalue weighted by Crippen LogP contribution is 2.21. The van der Waals surface area contributed by atoms with Crippen LogP contribution in [0, 0.1) is 13.8 Å². The lowest BCUT2D eigenvalue weighted by Gasteiger charge is -2.35. The molecule has 1 aliphatic heterocycles. The van der Waals surface area contributed by atoms with Crippen LogP contribution in [-0.2, 0) is 11.3 Å². The third-order valence-corrected chi connectivity index (χ3v) is 4.52. The molecule has 2 aromatic rings. The average molecular weight is 343 g/mol.